The Morgan fingerprint density at radius 1 is 1.38 bits per heavy atom. The molecule has 1 saturated heterocycles. The maximum absolute atomic E-state index is 6.11. The predicted molar refractivity (Wildman–Crippen MR) is 61.5 cm³/mol. The van der Waals surface area contributed by atoms with Gasteiger partial charge in [0.25, 0.3) is 0 Å². The molecule has 2 N–H and O–H groups in total. The maximum atomic E-state index is 6.11. The first-order chi connectivity index (χ1) is 7.73. The average molecular weight is 219 g/mol. The Morgan fingerprint density at radius 2 is 2.19 bits per heavy atom. The molecule has 1 heterocycles. The Morgan fingerprint density at radius 3 is 2.81 bits per heavy atom. The first-order valence-electron chi connectivity index (χ1n) is 5.86. The van der Waals surface area contributed by atoms with E-state index in [4.69, 9.17) is 15.2 Å². The minimum absolute atomic E-state index is 0.0677. The van der Waals surface area contributed by atoms with Gasteiger partial charge in [-0.15, -0.1) is 0 Å². The van der Waals surface area contributed by atoms with Crippen molar-refractivity contribution in [2.75, 3.05) is 13.2 Å². The molecule has 0 aromatic heterocycles. The Bertz CT molecular complexity index is 383. The van der Waals surface area contributed by atoms with Crippen LogP contribution in [0.5, 0.6) is 5.75 Å². The van der Waals surface area contributed by atoms with Crippen LogP contribution in [0.25, 0.3) is 0 Å². The lowest BCUT2D eigenvalue weighted by atomic mass is 10.0. The third-order valence-electron chi connectivity index (χ3n) is 3.26. The Labute approximate surface area is 95.5 Å². The fourth-order valence-electron chi connectivity index (χ4n) is 1.95. The van der Waals surface area contributed by atoms with Gasteiger partial charge in [0, 0.05) is 5.54 Å². The molecule has 16 heavy (non-hydrogen) atoms. The molecule has 0 atom stereocenters. The number of nitrogens with two attached hydrogens (primary N) is 1. The van der Waals surface area contributed by atoms with Gasteiger partial charge in [0.15, 0.2) is 0 Å². The number of hydrogen-bond acceptors (Lipinski definition) is 3. The van der Waals surface area contributed by atoms with Gasteiger partial charge < -0.3 is 15.2 Å². The molecule has 1 aliphatic carbocycles. The molecule has 1 saturated carbocycles. The zero-order valence-corrected chi connectivity index (χ0v) is 9.32. The SMILES string of the molecule is NC1(Cc2cccc(OC3COC3)c2)CC1. The van der Waals surface area contributed by atoms with Gasteiger partial charge in [-0.05, 0) is 37.0 Å². The van der Waals surface area contributed by atoms with Crippen molar-refractivity contribution in [2.45, 2.75) is 30.9 Å². The highest BCUT2D eigenvalue weighted by atomic mass is 16.6. The van der Waals surface area contributed by atoms with Gasteiger partial charge in [0.05, 0.1) is 13.2 Å². The normalized spacial score (nSPS) is 22.6. The molecule has 2 fully saturated rings. The first-order valence-corrected chi connectivity index (χ1v) is 5.86. The summed E-state index contributed by atoms with van der Waals surface area (Å²) in [6, 6.07) is 8.26. The molecule has 2 aliphatic rings. The van der Waals surface area contributed by atoms with Crippen LogP contribution in [0.4, 0.5) is 0 Å². The van der Waals surface area contributed by atoms with Gasteiger partial charge in [-0.3, -0.25) is 0 Å². The fourth-order valence-corrected chi connectivity index (χ4v) is 1.95. The molecule has 0 unspecified atom stereocenters. The van der Waals surface area contributed by atoms with Crippen LogP contribution < -0.4 is 10.5 Å². The lowest BCUT2D eigenvalue weighted by Gasteiger charge is -2.26. The van der Waals surface area contributed by atoms with Crippen LogP contribution in [0.1, 0.15) is 18.4 Å². The Balaban J connectivity index is 1.66. The van der Waals surface area contributed by atoms with E-state index in [1.54, 1.807) is 0 Å². The zero-order chi connectivity index (χ0) is 11.0. The second kappa shape index (κ2) is 3.75. The maximum Gasteiger partial charge on any atom is 0.145 e. The minimum Gasteiger partial charge on any atom is -0.486 e. The van der Waals surface area contributed by atoms with Crippen LogP contribution in [0.3, 0.4) is 0 Å². The van der Waals surface area contributed by atoms with Gasteiger partial charge in [-0.1, -0.05) is 12.1 Å². The van der Waals surface area contributed by atoms with Crippen LogP contribution in [0.15, 0.2) is 24.3 Å². The molecule has 0 amide bonds. The van der Waals surface area contributed by atoms with Crippen molar-refractivity contribution in [2.24, 2.45) is 5.73 Å². The molecule has 0 spiro atoms. The van der Waals surface area contributed by atoms with Crippen molar-refractivity contribution in [1.82, 2.24) is 0 Å². The zero-order valence-electron chi connectivity index (χ0n) is 9.32. The van der Waals surface area contributed by atoms with Crippen molar-refractivity contribution < 1.29 is 9.47 Å². The third-order valence-corrected chi connectivity index (χ3v) is 3.26. The highest BCUT2D eigenvalue weighted by Crippen LogP contribution is 2.36. The summed E-state index contributed by atoms with van der Waals surface area (Å²) in [5.41, 5.74) is 7.45. The largest absolute Gasteiger partial charge is 0.486 e. The van der Waals surface area contributed by atoms with Crippen LogP contribution >= 0.6 is 0 Å². The van der Waals surface area contributed by atoms with Crippen molar-refractivity contribution in [1.29, 1.82) is 0 Å². The van der Waals surface area contributed by atoms with Crippen LogP contribution in [0, 0.1) is 0 Å². The number of hydrogen-bond donors (Lipinski definition) is 1. The molecule has 1 aliphatic heterocycles. The lowest BCUT2D eigenvalue weighted by Crippen LogP contribution is -2.38. The standard InChI is InChI=1S/C13H17NO2/c14-13(4-5-13)7-10-2-1-3-11(6-10)16-12-8-15-9-12/h1-3,6,12H,4-5,7-9,14H2. The van der Waals surface area contributed by atoms with Crippen molar-refractivity contribution >= 4 is 0 Å². The molecular weight excluding hydrogens is 202 g/mol. The van der Waals surface area contributed by atoms with E-state index < -0.39 is 0 Å². The van der Waals surface area contributed by atoms with Crippen LogP contribution in [0.2, 0.25) is 0 Å². The smallest absolute Gasteiger partial charge is 0.145 e. The summed E-state index contributed by atoms with van der Waals surface area (Å²) in [7, 11) is 0. The van der Waals surface area contributed by atoms with E-state index >= 15 is 0 Å². The summed E-state index contributed by atoms with van der Waals surface area (Å²) in [6.07, 6.45) is 3.50. The summed E-state index contributed by atoms with van der Waals surface area (Å²) in [4.78, 5) is 0. The molecule has 3 heteroatoms. The van der Waals surface area contributed by atoms with Crippen LogP contribution in [-0.4, -0.2) is 24.9 Å². The van der Waals surface area contributed by atoms with Crippen molar-refractivity contribution in [3.8, 4) is 5.75 Å². The predicted octanol–water partition coefficient (Wildman–Crippen LogP) is 1.50. The second-order valence-corrected chi connectivity index (χ2v) is 4.96. The topological polar surface area (TPSA) is 44.5 Å². The average Bonchev–Trinajstić information content (AvgIpc) is 2.90. The van der Waals surface area contributed by atoms with Gasteiger partial charge in [0.2, 0.25) is 0 Å². The highest BCUT2D eigenvalue weighted by molar-refractivity contribution is 5.31. The molecule has 1 aromatic carbocycles. The molecule has 1 aromatic rings. The Kier molecular flexibility index (Phi) is 2.37. The third kappa shape index (κ3) is 2.20. The van der Waals surface area contributed by atoms with Crippen LogP contribution in [-0.2, 0) is 11.2 Å². The second-order valence-electron chi connectivity index (χ2n) is 4.96. The number of benzene rings is 1. The number of rotatable bonds is 4. The van der Waals surface area contributed by atoms with E-state index in [2.05, 4.69) is 12.1 Å². The molecule has 0 bridgehead atoms. The number of ether oxygens (including phenoxy) is 2. The fraction of sp³-hybridized carbons (Fsp3) is 0.538. The summed E-state index contributed by atoms with van der Waals surface area (Å²) in [6.45, 7) is 1.43. The summed E-state index contributed by atoms with van der Waals surface area (Å²) < 4.78 is 10.8. The monoisotopic (exact) mass is 219 g/mol. The van der Waals surface area contributed by atoms with E-state index in [1.165, 1.54) is 5.56 Å². The quantitative estimate of drug-likeness (QED) is 0.834. The molecule has 86 valence electrons. The van der Waals surface area contributed by atoms with E-state index in [0.717, 1.165) is 25.0 Å². The Hall–Kier alpha value is -1.06. The molecule has 3 rings (SSSR count). The van der Waals surface area contributed by atoms with Crippen molar-refractivity contribution in [3.05, 3.63) is 29.8 Å². The molecular formula is C13H17NO2. The first kappa shape index (κ1) is 10.1. The minimum atomic E-state index is 0.0677. The van der Waals surface area contributed by atoms with E-state index in [-0.39, 0.29) is 11.6 Å². The van der Waals surface area contributed by atoms with Gasteiger partial charge in [-0.25, -0.2) is 0 Å². The summed E-state index contributed by atoms with van der Waals surface area (Å²) in [5.74, 6) is 0.940. The van der Waals surface area contributed by atoms with Gasteiger partial charge in [0.1, 0.15) is 11.9 Å². The summed E-state index contributed by atoms with van der Waals surface area (Å²) in [5, 5.41) is 0. The highest BCUT2D eigenvalue weighted by Gasteiger charge is 2.37. The van der Waals surface area contributed by atoms with Gasteiger partial charge >= 0.3 is 0 Å². The van der Waals surface area contributed by atoms with E-state index in [0.29, 0.717) is 13.2 Å². The van der Waals surface area contributed by atoms with E-state index in [9.17, 15) is 0 Å². The molecule has 0 radical (unpaired) electrons. The van der Waals surface area contributed by atoms with Gasteiger partial charge in [-0.2, -0.15) is 0 Å². The lowest BCUT2D eigenvalue weighted by molar-refractivity contribution is -0.0797. The van der Waals surface area contributed by atoms with Crippen molar-refractivity contribution in [3.63, 3.8) is 0 Å². The van der Waals surface area contributed by atoms with E-state index in [1.807, 2.05) is 12.1 Å². The summed E-state index contributed by atoms with van der Waals surface area (Å²) >= 11 is 0. The molecule has 3 nitrogen and oxygen atoms in total.